The molecule has 3 rings (SSSR count). The van der Waals surface area contributed by atoms with Crippen molar-refractivity contribution in [1.82, 2.24) is 4.90 Å². The summed E-state index contributed by atoms with van der Waals surface area (Å²) in [5.41, 5.74) is 2.09. The molecule has 1 heterocycles. The minimum atomic E-state index is -0.657. The third-order valence-corrected chi connectivity index (χ3v) is 4.58. The standard InChI is InChI=1S/C22H24F2N2O2/c1-15(2)10-22(27)26(13-17-8-9-18(23)11-20(17)24)14-19-12-21(25-28-19)16-6-4-3-5-7-16/h3-9,11,15,19H,10,12-14H2,1-2H3/t19-/m1/s1. The van der Waals surface area contributed by atoms with Crippen molar-refractivity contribution >= 4 is 11.6 Å². The van der Waals surface area contributed by atoms with Crippen LogP contribution >= 0.6 is 0 Å². The second-order valence-corrected chi connectivity index (χ2v) is 7.44. The van der Waals surface area contributed by atoms with E-state index in [2.05, 4.69) is 5.16 Å². The van der Waals surface area contributed by atoms with E-state index in [0.717, 1.165) is 17.3 Å². The summed E-state index contributed by atoms with van der Waals surface area (Å²) in [4.78, 5) is 19.8. The fourth-order valence-corrected chi connectivity index (χ4v) is 3.16. The summed E-state index contributed by atoms with van der Waals surface area (Å²) in [5.74, 6) is -1.21. The van der Waals surface area contributed by atoms with Gasteiger partial charge in [-0.2, -0.15) is 0 Å². The van der Waals surface area contributed by atoms with Crippen molar-refractivity contribution < 1.29 is 18.4 Å². The van der Waals surface area contributed by atoms with Crippen molar-refractivity contribution in [2.75, 3.05) is 6.54 Å². The molecule has 0 radical (unpaired) electrons. The molecular formula is C22H24F2N2O2. The molecule has 0 fully saturated rings. The fourth-order valence-electron chi connectivity index (χ4n) is 3.16. The van der Waals surface area contributed by atoms with Gasteiger partial charge in [-0.25, -0.2) is 8.78 Å². The lowest BCUT2D eigenvalue weighted by Gasteiger charge is -2.26. The summed E-state index contributed by atoms with van der Waals surface area (Å²) in [5, 5.41) is 4.15. The predicted octanol–water partition coefficient (Wildman–Crippen LogP) is 4.53. The molecular weight excluding hydrogens is 362 g/mol. The Bertz CT molecular complexity index is 853. The molecule has 2 aromatic carbocycles. The second-order valence-electron chi connectivity index (χ2n) is 7.44. The first-order valence-electron chi connectivity index (χ1n) is 9.42. The number of nitrogens with zero attached hydrogens (tertiary/aromatic N) is 2. The van der Waals surface area contributed by atoms with Gasteiger partial charge in [0, 0.05) is 31.0 Å². The van der Waals surface area contributed by atoms with E-state index in [1.54, 1.807) is 4.90 Å². The molecule has 148 valence electrons. The Morgan fingerprint density at radius 2 is 1.96 bits per heavy atom. The van der Waals surface area contributed by atoms with Gasteiger partial charge in [-0.05, 0) is 17.5 Å². The number of carbonyl (C=O) groups is 1. The normalized spacial score (nSPS) is 16.0. The minimum absolute atomic E-state index is 0.0677. The first-order valence-corrected chi connectivity index (χ1v) is 9.42. The molecule has 28 heavy (non-hydrogen) atoms. The van der Waals surface area contributed by atoms with Gasteiger partial charge in [-0.15, -0.1) is 0 Å². The molecule has 0 aromatic heterocycles. The van der Waals surface area contributed by atoms with E-state index in [1.165, 1.54) is 12.1 Å². The molecule has 0 saturated heterocycles. The molecule has 2 aromatic rings. The maximum Gasteiger partial charge on any atom is 0.223 e. The summed E-state index contributed by atoms with van der Waals surface area (Å²) in [6.07, 6.45) is 0.623. The highest BCUT2D eigenvalue weighted by molar-refractivity contribution is 6.01. The van der Waals surface area contributed by atoms with Crippen LogP contribution in [0.15, 0.2) is 53.7 Å². The van der Waals surface area contributed by atoms with Gasteiger partial charge in [0.05, 0.1) is 12.3 Å². The summed E-state index contributed by atoms with van der Waals surface area (Å²) in [6, 6.07) is 13.1. The Balaban J connectivity index is 1.70. The van der Waals surface area contributed by atoms with Crippen molar-refractivity contribution in [2.24, 2.45) is 11.1 Å². The molecule has 0 aliphatic carbocycles. The van der Waals surface area contributed by atoms with Gasteiger partial charge in [-0.1, -0.05) is 55.4 Å². The fraction of sp³-hybridized carbons (Fsp3) is 0.364. The number of oxime groups is 1. The van der Waals surface area contributed by atoms with Crippen molar-refractivity contribution in [3.63, 3.8) is 0 Å². The summed E-state index contributed by atoms with van der Waals surface area (Å²) >= 11 is 0. The largest absolute Gasteiger partial charge is 0.390 e. The van der Waals surface area contributed by atoms with Crippen LogP contribution in [-0.4, -0.2) is 29.2 Å². The van der Waals surface area contributed by atoms with Crippen LogP contribution in [0.5, 0.6) is 0 Å². The smallest absolute Gasteiger partial charge is 0.223 e. The highest BCUT2D eigenvalue weighted by Gasteiger charge is 2.27. The molecule has 0 bridgehead atoms. The zero-order chi connectivity index (χ0) is 20.1. The summed E-state index contributed by atoms with van der Waals surface area (Å²) in [7, 11) is 0. The van der Waals surface area contributed by atoms with E-state index in [-0.39, 0.29) is 30.0 Å². The van der Waals surface area contributed by atoms with E-state index < -0.39 is 11.6 Å². The van der Waals surface area contributed by atoms with Crippen molar-refractivity contribution in [2.45, 2.75) is 39.3 Å². The zero-order valence-electron chi connectivity index (χ0n) is 16.1. The first kappa shape index (κ1) is 20.0. The number of benzene rings is 2. The third kappa shape index (κ3) is 5.15. The summed E-state index contributed by atoms with van der Waals surface area (Å²) in [6.45, 7) is 4.27. The Kier molecular flexibility index (Phi) is 6.39. The van der Waals surface area contributed by atoms with Crippen LogP contribution in [0.4, 0.5) is 8.78 Å². The van der Waals surface area contributed by atoms with Crippen molar-refractivity contribution in [3.8, 4) is 0 Å². The lowest BCUT2D eigenvalue weighted by Crippen LogP contribution is -2.38. The van der Waals surface area contributed by atoms with Crippen LogP contribution in [0.3, 0.4) is 0 Å². The lowest BCUT2D eigenvalue weighted by molar-refractivity contribution is -0.134. The molecule has 0 spiro atoms. The number of amides is 1. The minimum Gasteiger partial charge on any atom is -0.390 e. The van der Waals surface area contributed by atoms with Crippen LogP contribution in [0.2, 0.25) is 0 Å². The first-order chi connectivity index (χ1) is 13.4. The van der Waals surface area contributed by atoms with Crippen LogP contribution in [0, 0.1) is 17.6 Å². The lowest BCUT2D eigenvalue weighted by atomic mass is 10.0. The molecule has 4 nitrogen and oxygen atoms in total. The Morgan fingerprint density at radius 3 is 2.64 bits per heavy atom. The molecule has 1 amide bonds. The zero-order valence-corrected chi connectivity index (χ0v) is 16.1. The monoisotopic (exact) mass is 386 g/mol. The molecule has 0 unspecified atom stereocenters. The quantitative estimate of drug-likeness (QED) is 0.701. The topological polar surface area (TPSA) is 41.9 Å². The van der Waals surface area contributed by atoms with Crippen LogP contribution in [0.1, 0.15) is 37.8 Å². The molecule has 1 aliphatic rings. The Morgan fingerprint density at radius 1 is 1.21 bits per heavy atom. The van der Waals surface area contributed by atoms with Crippen LogP contribution < -0.4 is 0 Å². The number of rotatable bonds is 7. The Labute approximate surface area is 163 Å². The molecule has 6 heteroatoms. The SMILES string of the molecule is CC(C)CC(=O)N(Cc1ccc(F)cc1F)C[C@H]1CC(c2ccccc2)=NO1. The van der Waals surface area contributed by atoms with E-state index in [9.17, 15) is 13.6 Å². The number of halogens is 2. The van der Waals surface area contributed by atoms with E-state index in [1.807, 2.05) is 44.2 Å². The molecule has 1 aliphatic heterocycles. The van der Waals surface area contributed by atoms with Crippen molar-refractivity contribution in [3.05, 3.63) is 71.3 Å². The predicted molar refractivity (Wildman–Crippen MR) is 104 cm³/mol. The van der Waals surface area contributed by atoms with Gasteiger partial charge < -0.3 is 9.74 Å². The number of carbonyl (C=O) groups excluding carboxylic acids is 1. The molecule has 1 atom stereocenters. The third-order valence-electron chi connectivity index (χ3n) is 4.58. The molecule has 0 N–H and O–H groups in total. The summed E-state index contributed by atoms with van der Waals surface area (Å²) < 4.78 is 27.3. The van der Waals surface area contributed by atoms with Gasteiger partial charge in [0.1, 0.15) is 11.6 Å². The highest BCUT2D eigenvalue weighted by Crippen LogP contribution is 2.20. The Hall–Kier alpha value is -2.76. The maximum absolute atomic E-state index is 14.1. The van der Waals surface area contributed by atoms with E-state index in [0.29, 0.717) is 19.4 Å². The average Bonchev–Trinajstić information content (AvgIpc) is 3.12. The average molecular weight is 386 g/mol. The van der Waals surface area contributed by atoms with Gasteiger partial charge in [0.25, 0.3) is 0 Å². The van der Waals surface area contributed by atoms with Gasteiger partial charge in [0.2, 0.25) is 5.91 Å². The van der Waals surface area contributed by atoms with E-state index >= 15 is 0 Å². The van der Waals surface area contributed by atoms with E-state index in [4.69, 9.17) is 4.84 Å². The molecule has 0 saturated carbocycles. The maximum atomic E-state index is 14.1. The van der Waals surface area contributed by atoms with Crippen LogP contribution in [-0.2, 0) is 16.2 Å². The van der Waals surface area contributed by atoms with Crippen molar-refractivity contribution in [1.29, 1.82) is 0 Å². The number of hydrogen-bond acceptors (Lipinski definition) is 3. The van der Waals surface area contributed by atoms with Gasteiger partial charge >= 0.3 is 0 Å². The highest BCUT2D eigenvalue weighted by atomic mass is 19.1. The van der Waals surface area contributed by atoms with Gasteiger partial charge in [-0.3, -0.25) is 4.79 Å². The number of hydrogen-bond donors (Lipinski definition) is 0. The van der Waals surface area contributed by atoms with Gasteiger partial charge in [0.15, 0.2) is 6.10 Å². The second kappa shape index (κ2) is 8.95. The van der Waals surface area contributed by atoms with Crippen LogP contribution in [0.25, 0.3) is 0 Å².